The third-order valence-corrected chi connectivity index (χ3v) is 6.93. The van der Waals surface area contributed by atoms with Crippen molar-refractivity contribution in [2.45, 2.75) is 51.0 Å². The Morgan fingerprint density at radius 3 is 2.61 bits per heavy atom. The van der Waals surface area contributed by atoms with Gasteiger partial charge in [0.15, 0.2) is 0 Å². The molecule has 1 aromatic carbocycles. The quantitative estimate of drug-likeness (QED) is 0.737. The summed E-state index contributed by atoms with van der Waals surface area (Å²) in [5.41, 5.74) is 0.439. The molecule has 0 unspecified atom stereocenters. The van der Waals surface area contributed by atoms with Gasteiger partial charge in [0, 0.05) is 18.7 Å². The lowest BCUT2D eigenvalue weighted by Crippen LogP contribution is -2.37. The molecule has 0 amide bonds. The first-order valence-electron chi connectivity index (χ1n) is 8.82. The molecule has 2 aromatic rings. The lowest BCUT2D eigenvalue weighted by molar-refractivity contribution is -0.0500. The summed E-state index contributed by atoms with van der Waals surface area (Å²) in [5, 5.41) is 3.99. The van der Waals surface area contributed by atoms with Gasteiger partial charge < -0.3 is 9.64 Å². The topological polar surface area (TPSA) is 64.4 Å². The van der Waals surface area contributed by atoms with Crippen molar-refractivity contribution in [3.8, 4) is 5.75 Å². The number of rotatable bonds is 5. The third-order valence-electron chi connectivity index (χ3n) is 4.64. The van der Waals surface area contributed by atoms with Gasteiger partial charge in [0.25, 0.3) is 10.0 Å². The molecule has 2 heterocycles. The van der Waals surface area contributed by atoms with Crippen molar-refractivity contribution in [3.63, 3.8) is 0 Å². The van der Waals surface area contributed by atoms with Crippen LogP contribution >= 0.6 is 0 Å². The Balaban J connectivity index is 2.00. The first-order valence-corrected chi connectivity index (χ1v) is 10.3. The second-order valence-corrected chi connectivity index (χ2v) is 10.1. The van der Waals surface area contributed by atoms with Crippen LogP contribution in [0.25, 0.3) is 0 Å². The molecule has 0 spiro atoms. The zero-order chi connectivity index (χ0) is 20.7. The zero-order valence-electron chi connectivity index (χ0n) is 15.8. The van der Waals surface area contributed by atoms with Crippen LogP contribution in [0.1, 0.15) is 45.2 Å². The predicted octanol–water partition coefficient (Wildman–Crippen LogP) is 3.94. The van der Waals surface area contributed by atoms with E-state index in [1.807, 2.05) is 0 Å². The summed E-state index contributed by atoms with van der Waals surface area (Å²) in [6.45, 7) is 2.20. The van der Waals surface area contributed by atoms with Crippen molar-refractivity contribution in [3.05, 3.63) is 41.8 Å². The van der Waals surface area contributed by atoms with E-state index in [0.29, 0.717) is 24.3 Å². The molecule has 0 bridgehead atoms. The Bertz CT molecular complexity index is 954. The van der Waals surface area contributed by atoms with Gasteiger partial charge in [-0.25, -0.2) is 12.8 Å². The van der Waals surface area contributed by atoms with Crippen LogP contribution in [0.4, 0.5) is 19.0 Å². The van der Waals surface area contributed by atoms with Crippen LogP contribution < -0.4 is 9.64 Å². The van der Waals surface area contributed by atoms with Crippen LogP contribution in [0.15, 0.2) is 30.5 Å². The third kappa shape index (κ3) is 3.82. The SMILES string of the molecule is CC(C)(C)S(=O)(=O)n1nccc1N1CCC[C@@H]1c1cc(F)cc(OC(F)F)c1. The fourth-order valence-corrected chi connectivity index (χ4v) is 4.38. The van der Waals surface area contributed by atoms with Crippen molar-refractivity contribution in [1.82, 2.24) is 9.19 Å². The highest BCUT2D eigenvalue weighted by Crippen LogP contribution is 2.38. The van der Waals surface area contributed by atoms with E-state index in [4.69, 9.17) is 0 Å². The Labute approximate surface area is 162 Å². The summed E-state index contributed by atoms with van der Waals surface area (Å²) in [6.07, 6.45) is 2.73. The summed E-state index contributed by atoms with van der Waals surface area (Å²) >= 11 is 0. The van der Waals surface area contributed by atoms with Gasteiger partial charge in [-0.05, 0) is 51.3 Å². The number of benzene rings is 1. The maximum Gasteiger partial charge on any atom is 0.387 e. The lowest BCUT2D eigenvalue weighted by Gasteiger charge is -2.29. The molecule has 1 aliphatic heterocycles. The number of ether oxygens (including phenoxy) is 1. The van der Waals surface area contributed by atoms with Gasteiger partial charge in [0.2, 0.25) is 0 Å². The molecule has 0 aliphatic carbocycles. The van der Waals surface area contributed by atoms with Gasteiger partial charge in [0.1, 0.15) is 17.4 Å². The van der Waals surface area contributed by atoms with Crippen molar-refractivity contribution in [1.29, 1.82) is 0 Å². The minimum Gasteiger partial charge on any atom is -0.435 e. The number of alkyl halides is 2. The molecule has 154 valence electrons. The van der Waals surface area contributed by atoms with E-state index in [0.717, 1.165) is 16.6 Å². The van der Waals surface area contributed by atoms with Crippen molar-refractivity contribution >= 4 is 15.8 Å². The molecule has 0 saturated carbocycles. The largest absolute Gasteiger partial charge is 0.435 e. The molecule has 1 aromatic heterocycles. The first kappa shape index (κ1) is 20.5. The van der Waals surface area contributed by atoms with Gasteiger partial charge >= 0.3 is 6.61 Å². The fourth-order valence-electron chi connectivity index (χ4n) is 3.27. The second kappa shape index (κ2) is 7.31. The van der Waals surface area contributed by atoms with Gasteiger partial charge in [-0.2, -0.15) is 13.9 Å². The molecule has 1 saturated heterocycles. The molecule has 0 N–H and O–H groups in total. The molecule has 1 fully saturated rings. The lowest BCUT2D eigenvalue weighted by atomic mass is 10.0. The Morgan fingerprint density at radius 1 is 1.25 bits per heavy atom. The van der Waals surface area contributed by atoms with E-state index in [9.17, 15) is 21.6 Å². The van der Waals surface area contributed by atoms with Crippen LogP contribution in [-0.2, 0) is 10.0 Å². The molecule has 28 heavy (non-hydrogen) atoms. The van der Waals surface area contributed by atoms with Crippen LogP contribution in [-0.4, -0.2) is 35.5 Å². The summed E-state index contributed by atoms with van der Waals surface area (Å²) in [6, 6.07) is 4.69. The number of aromatic nitrogens is 2. The normalized spacial score (nSPS) is 18.1. The highest BCUT2D eigenvalue weighted by atomic mass is 32.2. The van der Waals surface area contributed by atoms with Crippen molar-refractivity contribution in [2.75, 3.05) is 11.4 Å². The summed E-state index contributed by atoms with van der Waals surface area (Å²) in [5.74, 6) is -0.610. The number of hydrogen-bond acceptors (Lipinski definition) is 5. The zero-order valence-corrected chi connectivity index (χ0v) is 16.6. The van der Waals surface area contributed by atoms with Gasteiger partial charge in [0.05, 0.1) is 17.0 Å². The van der Waals surface area contributed by atoms with E-state index < -0.39 is 27.2 Å². The van der Waals surface area contributed by atoms with Crippen LogP contribution in [0.5, 0.6) is 5.75 Å². The van der Waals surface area contributed by atoms with Gasteiger partial charge in [-0.15, -0.1) is 4.09 Å². The van der Waals surface area contributed by atoms with E-state index in [-0.39, 0.29) is 11.8 Å². The maximum atomic E-state index is 14.0. The standard InChI is InChI=1S/C18H22F3N3O3S/c1-18(2,3)28(25,26)24-16(6-7-22-24)23-8-4-5-15(23)12-9-13(19)11-14(10-12)27-17(20)21/h6-7,9-11,15,17H,4-5,8H2,1-3H3/t15-/m1/s1. The Morgan fingerprint density at radius 2 is 1.96 bits per heavy atom. The Hall–Kier alpha value is -2.23. The molecule has 10 heteroatoms. The Kier molecular flexibility index (Phi) is 5.35. The van der Waals surface area contributed by atoms with Gasteiger partial charge in [-0.1, -0.05) is 0 Å². The average Bonchev–Trinajstić information content (AvgIpc) is 3.21. The molecule has 1 atom stereocenters. The second-order valence-electron chi connectivity index (χ2n) is 7.60. The summed E-state index contributed by atoms with van der Waals surface area (Å²) < 4.78 is 69.0. The van der Waals surface area contributed by atoms with Crippen molar-refractivity contribution in [2.24, 2.45) is 0 Å². The number of hydrogen-bond donors (Lipinski definition) is 0. The molecule has 3 rings (SSSR count). The minimum absolute atomic E-state index is 0.271. The van der Waals surface area contributed by atoms with Gasteiger partial charge in [-0.3, -0.25) is 0 Å². The number of anilines is 1. The smallest absolute Gasteiger partial charge is 0.387 e. The predicted molar refractivity (Wildman–Crippen MR) is 98.7 cm³/mol. The van der Waals surface area contributed by atoms with E-state index in [2.05, 4.69) is 9.84 Å². The highest BCUT2D eigenvalue weighted by Gasteiger charge is 2.37. The molecule has 0 radical (unpaired) electrons. The molecule has 6 nitrogen and oxygen atoms in total. The monoisotopic (exact) mass is 417 g/mol. The molecule has 1 aliphatic rings. The van der Waals surface area contributed by atoms with Crippen molar-refractivity contribution < 1.29 is 26.3 Å². The average molecular weight is 417 g/mol. The van der Waals surface area contributed by atoms with Crippen LogP contribution in [0.2, 0.25) is 0 Å². The van der Waals surface area contributed by atoms with E-state index >= 15 is 0 Å². The van der Waals surface area contributed by atoms with Crippen LogP contribution in [0, 0.1) is 5.82 Å². The minimum atomic E-state index is -3.77. The van der Waals surface area contributed by atoms with E-state index in [1.165, 1.54) is 18.3 Å². The number of halogens is 3. The highest BCUT2D eigenvalue weighted by molar-refractivity contribution is 7.91. The van der Waals surface area contributed by atoms with Crippen LogP contribution in [0.3, 0.4) is 0 Å². The fraction of sp³-hybridized carbons (Fsp3) is 0.500. The molecular formula is C18H22F3N3O3S. The molecular weight excluding hydrogens is 395 g/mol. The summed E-state index contributed by atoms with van der Waals surface area (Å²) in [4.78, 5) is 1.80. The summed E-state index contributed by atoms with van der Waals surface area (Å²) in [7, 11) is -3.77. The van der Waals surface area contributed by atoms with E-state index in [1.54, 1.807) is 31.7 Å². The maximum absolute atomic E-state index is 14.0. The number of nitrogens with zero attached hydrogens (tertiary/aromatic N) is 3. The first-order chi connectivity index (χ1) is 13.0.